The van der Waals surface area contributed by atoms with Gasteiger partial charge in [0.05, 0.1) is 0 Å². The van der Waals surface area contributed by atoms with Crippen LogP contribution in [0.15, 0.2) is 0 Å². The van der Waals surface area contributed by atoms with Crippen LogP contribution in [-0.4, -0.2) is 51.8 Å². The van der Waals surface area contributed by atoms with E-state index in [2.05, 4.69) is 12.2 Å². The van der Waals surface area contributed by atoms with Crippen molar-refractivity contribution in [2.24, 2.45) is 5.92 Å². The van der Waals surface area contributed by atoms with E-state index in [0.29, 0.717) is 18.8 Å². The van der Waals surface area contributed by atoms with Crippen molar-refractivity contribution in [3.8, 4) is 0 Å². The molecule has 3 rings (SSSR count). The van der Waals surface area contributed by atoms with Gasteiger partial charge < -0.3 is 10.2 Å². The first kappa shape index (κ1) is 17.2. The number of amides is 4. The standard InChI is InChI=1S/C18H29N3O3/c1-12-7-9-18(10-8-12)16(23)20(17(24)19-18)11-15(22)21-13(2)5-4-6-14(21)3/h12-14H,4-11H2,1-3H3,(H,19,24). The summed E-state index contributed by atoms with van der Waals surface area (Å²) in [7, 11) is 0. The number of hydrogen-bond donors (Lipinski definition) is 1. The SMILES string of the molecule is CC1CCC2(CC1)NC(=O)N(CC(=O)N1C(C)CCCC1C)C2=O. The van der Waals surface area contributed by atoms with Crippen LogP contribution in [0, 0.1) is 5.92 Å². The summed E-state index contributed by atoms with van der Waals surface area (Å²) in [6, 6.07) is -0.0572. The first-order chi connectivity index (χ1) is 11.3. The molecule has 0 aromatic carbocycles. The fourth-order valence-corrected chi connectivity index (χ4v) is 4.54. The third kappa shape index (κ3) is 2.91. The van der Waals surface area contributed by atoms with Crippen LogP contribution in [0.3, 0.4) is 0 Å². The summed E-state index contributed by atoms with van der Waals surface area (Å²) in [6.07, 6.45) is 6.33. The molecular formula is C18H29N3O3. The van der Waals surface area contributed by atoms with Gasteiger partial charge in [-0.3, -0.25) is 14.5 Å². The molecule has 3 aliphatic rings. The average molecular weight is 335 g/mol. The van der Waals surface area contributed by atoms with Crippen molar-refractivity contribution < 1.29 is 14.4 Å². The molecule has 0 aromatic heterocycles. The van der Waals surface area contributed by atoms with E-state index in [1.165, 1.54) is 0 Å². The number of carbonyl (C=O) groups is 3. The highest BCUT2D eigenvalue weighted by molar-refractivity contribution is 6.09. The van der Waals surface area contributed by atoms with Gasteiger partial charge in [0, 0.05) is 12.1 Å². The number of hydrogen-bond acceptors (Lipinski definition) is 3. The fourth-order valence-electron chi connectivity index (χ4n) is 4.54. The smallest absolute Gasteiger partial charge is 0.325 e. The predicted octanol–water partition coefficient (Wildman–Crippen LogP) is 2.28. The van der Waals surface area contributed by atoms with Crippen LogP contribution in [0.25, 0.3) is 0 Å². The molecule has 6 heteroatoms. The second-order valence-corrected chi connectivity index (χ2v) is 8.02. The molecule has 2 atom stereocenters. The van der Waals surface area contributed by atoms with Crippen molar-refractivity contribution in [3.63, 3.8) is 0 Å². The Morgan fingerprint density at radius 1 is 1.08 bits per heavy atom. The van der Waals surface area contributed by atoms with E-state index in [1.807, 2.05) is 18.7 Å². The number of likely N-dealkylation sites (tertiary alicyclic amines) is 1. The molecule has 1 spiro atoms. The molecule has 2 heterocycles. The number of urea groups is 1. The molecular weight excluding hydrogens is 306 g/mol. The summed E-state index contributed by atoms with van der Waals surface area (Å²) in [5.74, 6) is 0.274. The van der Waals surface area contributed by atoms with Gasteiger partial charge in [-0.2, -0.15) is 0 Å². The Balaban J connectivity index is 1.70. The quantitative estimate of drug-likeness (QED) is 0.787. The lowest BCUT2D eigenvalue weighted by Crippen LogP contribution is -2.53. The third-order valence-electron chi connectivity index (χ3n) is 6.15. The predicted molar refractivity (Wildman–Crippen MR) is 90.2 cm³/mol. The molecule has 2 aliphatic heterocycles. The minimum Gasteiger partial charge on any atom is -0.336 e. The molecule has 4 amide bonds. The first-order valence-electron chi connectivity index (χ1n) is 9.29. The molecule has 6 nitrogen and oxygen atoms in total. The molecule has 0 aromatic rings. The van der Waals surface area contributed by atoms with Gasteiger partial charge in [0.25, 0.3) is 5.91 Å². The highest BCUT2D eigenvalue weighted by Gasteiger charge is 2.52. The van der Waals surface area contributed by atoms with Crippen molar-refractivity contribution >= 4 is 17.8 Å². The number of carbonyl (C=O) groups excluding carboxylic acids is 3. The van der Waals surface area contributed by atoms with Crippen molar-refractivity contribution in [2.45, 2.75) is 83.3 Å². The Morgan fingerprint density at radius 2 is 1.67 bits per heavy atom. The first-order valence-corrected chi connectivity index (χ1v) is 9.29. The lowest BCUT2D eigenvalue weighted by atomic mass is 9.77. The fraction of sp³-hybridized carbons (Fsp3) is 0.833. The zero-order valence-corrected chi connectivity index (χ0v) is 15.0. The lowest BCUT2D eigenvalue weighted by Gasteiger charge is -2.39. The number of rotatable bonds is 2. The second kappa shape index (κ2) is 6.37. The van der Waals surface area contributed by atoms with Gasteiger partial charge in [0.2, 0.25) is 5.91 Å². The van der Waals surface area contributed by atoms with Gasteiger partial charge in [-0.05, 0) is 64.7 Å². The molecule has 1 N–H and O–H groups in total. The second-order valence-electron chi connectivity index (χ2n) is 8.02. The monoisotopic (exact) mass is 335 g/mol. The minimum absolute atomic E-state index is 0.112. The number of piperidine rings is 1. The molecule has 3 fully saturated rings. The molecule has 1 saturated carbocycles. The van der Waals surface area contributed by atoms with Crippen molar-refractivity contribution in [1.29, 1.82) is 0 Å². The largest absolute Gasteiger partial charge is 0.336 e. The maximum absolute atomic E-state index is 12.9. The third-order valence-corrected chi connectivity index (χ3v) is 6.15. The summed E-state index contributed by atoms with van der Waals surface area (Å²) >= 11 is 0. The maximum Gasteiger partial charge on any atom is 0.325 e. The van der Waals surface area contributed by atoms with E-state index in [0.717, 1.165) is 37.0 Å². The molecule has 1 aliphatic carbocycles. The normalized spacial score (nSPS) is 37.0. The highest BCUT2D eigenvalue weighted by Crippen LogP contribution is 2.36. The Kier molecular flexibility index (Phi) is 4.58. The zero-order chi connectivity index (χ0) is 17.5. The molecule has 134 valence electrons. The summed E-state index contributed by atoms with van der Waals surface area (Å²) in [4.78, 5) is 40.9. The van der Waals surface area contributed by atoms with Gasteiger partial charge in [-0.1, -0.05) is 6.92 Å². The van der Waals surface area contributed by atoms with E-state index in [4.69, 9.17) is 0 Å². The van der Waals surface area contributed by atoms with Crippen LogP contribution in [0.5, 0.6) is 0 Å². The van der Waals surface area contributed by atoms with Gasteiger partial charge in [0.1, 0.15) is 12.1 Å². The maximum atomic E-state index is 12.9. The van der Waals surface area contributed by atoms with Crippen LogP contribution in [-0.2, 0) is 9.59 Å². The Bertz CT molecular complexity index is 530. The number of imide groups is 1. The molecule has 24 heavy (non-hydrogen) atoms. The lowest BCUT2D eigenvalue weighted by molar-refractivity contribution is -0.143. The van der Waals surface area contributed by atoms with Crippen molar-refractivity contribution in [3.05, 3.63) is 0 Å². The van der Waals surface area contributed by atoms with E-state index < -0.39 is 11.6 Å². The van der Waals surface area contributed by atoms with E-state index in [1.54, 1.807) is 0 Å². The van der Waals surface area contributed by atoms with Gasteiger partial charge in [0.15, 0.2) is 0 Å². The summed E-state index contributed by atoms with van der Waals surface area (Å²) in [5, 5.41) is 2.89. The Hall–Kier alpha value is -1.59. The van der Waals surface area contributed by atoms with Gasteiger partial charge in [-0.15, -0.1) is 0 Å². The molecule has 0 radical (unpaired) electrons. The highest BCUT2D eigenvalue weighted by atomic mass is 16.2. The van der Waals surface area contributed by atoms with Crippen LogP contribution in [0.2, 0.25) is 0 Å². The summed E-state index contributed by atoms with van der Waals surface area (Å²) in [5.41, 5.74) is -0.761. The van der Waals surface area contributed by atoms with Gasteiger partial charge in [-0.25, -0.2) is 4.79 Å². The van der Waals surface area contributed by atoms with Crippen LogP contribution < -0.4 is 5.32 Å². The molecule has 2 saturated heterocycles. The van der Waals surface area contributed by atoms with Gasteiger partial charge >= 0.3 is 6.03 Å². The van der Waals surface area contributed by atoms with Crippen LogP contribution in [0.4, 0.5) is 4.79 Å². The summed E-state index contributed by atoms with van der Waals surface area (Å²) in [6.45, 7) is 6.14. The number of nitrogens with zero attached hydrogens (tertiary/aromatic N) is 2. The molecule has 0 bridgehead atoms. The number of nitrogens with one attached hydrogen (secondary N) is 1. The van der Waals surface area contributed by atoms with Crippen LogP contribution >= 0.6 is 0 Å². The average Bonchev–Trinajstić information content (AvgIpc) is 2.75. The summed E-state index contributed by atoms with van der Waals surface area (Å²) < 4.78 is 0. The molecule has 2 unspecified atom stereocenters. The minimum atomic E-state index is -0.761. The van der Waals surface area contributed by atoms with Crippen molar-refractivity contribution in [2.75, 3.05) is 6.54 Å². The Labute approximate surface area is 143 Å². The van der Waals surface area contributed by atoms with E-state index in [9.17, 15) is 14.4 Å². The van der Waals surface area contributed by atoms with E-state index >= 15 is 0 Å². The zero-order valence-electron chi connectivity index (χ0n) is 15.0. The van der Waals surface area contributed by atoms with Crippen molar-refractivity contribution in [1.82, 2.24) is 15.1 Å². The topological polar surface area (TPSA) is 69.7 Å². The van der Waals surface area contributed by atoms with Crippen LogP contribution in [0.1, 0.15) is 65.7 Å². The Morgan fingerprint density at radius 3 is 2.25 bits per heavy atom. The van der Waals surface area contributed by atoms with E-state index in [-0.39, 0.29) is 30.4 Å².